The first kappa shape index (κ1) is 14.2. The molecule has 0 aliphatic carbocycles. The third-order valence-corrected chi connectivity index (χ3v) is 3.76. The van der Waals surface area contributed by atoms with E-state index in [1.54, 1.807) is 0 Å². The molecule has 0 spiro atoms. The molecular formula is C16H18BrNO. The van der Waals surface area contributed by atoms with Gasteiger partial charge in [-0.2, -0.15) is 0 Å². The highest BCUT2D eigenvalue weighted by Crippen LogP contribution is 2.20. The number of hydrogen-bond acceptors (Lipinski definition) is 2. The van der Waals surface area contributed by atoms with Gasteiger partial charge in [-0.15, -0.1) is 0 Å². The number of nitrogens with zero attached hydrogens (tertiary/aromatic N) is 1. The molecule has 0 saturated carbocycles. The van der Waals surface area contributed by atoms with Crippen molar-refractivity contribution >= 4 is 15.9 Å². The van der Waals surface area contributed by atoms with Gasteiger partial charge in [0.25, 0.3) is 0 Å². The molecule has 0 radical (unpaired) electrons. The molecule has 1 atom stereocenters. The van der Waals surface area contributed by atoms with Crippen molar-refractivity contribution < 1.29 is 5.11 Å². The van der Waals surface area contributed by atoms with Gasteiger partial charge in [-0.05, 0) is 59.3 Å². The van der Waals surface area contributed by atoms with Crippen molar-refractivity contribution in [2.45, 2.75) is 32.3 Å². The van der Waals surface area contributed by atoms with Gasteiger partial charge in [0.2, 0.25) is 0 Å². The smallest absolute Gasteiger partial charge is 0.0515 e. The van der Waals surface area contributed by atoms with Crippen LogP contribution in [0.1, 0.15) is 30.2 Å². The number of rotatable bonds is 5. The van der Waals surface area contributed by atoms with Crippen LogP contribution in [0, 0.1) is 0 Å². The summed E-state index contributed by atoms with van der Waals surface area (Å²) in [5.41, 5.74) is 3.56. The van der Waals surface area contributed by atoms with Gasteiger partial charge in [0.05, 0.1) is 6.10 Å². The van der Waals surface area contributed by atoms with Gasteiger partial charge < -0.3 is 5.11 Å². The second kappa shape index (κ2) is 6.83. The number of pyridine rings is 1. The number of aliphatic hydroxyl groups excluding tert-OH is 1. The number of halogens is 1. The van der Waals surface area contributed by atoms with Crippen LogP contribution in [0.25, 0.3) is 0 Å². The molecule has 0 fully saturated rings. The Labute approximate surface area is 122 Å². The molecule has 0 bridgehead atoms. The van der Waals surface area contributed by atoms with Crippen LogP contribution < -0.4 is 0 Å². The lowest BCUT2D eigenvalue weighted by atomic mass is 10.0. The molecule has 19 heavy (non-hydrogen) atoms. The summed E-state index contributed by atoms with van der Waals surface area (Å²) in [6.45, 7) is 1.81. The second-order valence-electron chi connectivity index (χ2n) is 4.82. The maximum absolute atomic E-state index is 9.34. The topological polar surface area (TPSA) is 33.1 Å². The summed E-state index contributed by atoms with van der Waals surface area (Å²) in [6.07, 6.45) is 4.04. The molecule has 2 nitrogen and oxygen atoms in total. The first-order valence-electron chi connectivity index (χ1n) is 6.50. The summed E-state index contributed by atoms with van der Waals surface area (Å²) in [5.74, 6) is 0. The Morgan fingerprint density at radius 1 is 1.26 bits per heavy atom. The monoisotopic (exact) mass is 319 g/mol. The highest BCUT2D eigenvalue weighted by molar-refractivity contribution is 9.10. The van der Waals surface area contributed by atoms with Crippen LogP contribution in [0.3, 0.4) is 0 Å². The lowest BCUT2D eigenvalue weighted by Crippen LogP contribution is -2.03. The molecule has 100 valence electrons. The predicted octanol–water partition coefficient (Wildman–Crippen LogP) is 3.75. The van der Waals surface area contributed by atoms with Crippen molar-refractivity contribution in [1.82, 2.24) is 4.98 Å². The van der Waals surface area contributed by atoms with Crippen molar-refractivity contribution in [3.8, 4) is 0 Å². The number of hydrogen-bond donors (Lipinski definition) is 1. The van der Waals surface area contributed by atoms with Crippen molar-refractivity contribution in [2.24, 2.45) is 0 Å². The molecule has 3 heteroatoms. The van der Waals surface area contributed by atoms with E-state index in [0.717, 1.165) is 29.4 Å². The largest absolute Gasteiger partial charge is 0.393 e. The third-order valence-electron chi connectivity index (χ3n) is 3.05. The quantitative estimate of drug-likeness (QED) is 0.910. The number of benzene rings is 1. The Morgan fingerprint density at radius 3 is 2.68 bits per heavy atom. The highest BCUT2D eigenvalue weighted by atomic mass is 79.9. The van der Waals surface area contributed by atoms with Crippen molar-refractivity contribution in [3.05, 3.63) is 63.9 Å². The first-order valence-corrected chi connectivity index (χ1v) is 7.29. The Hall–Kier alpha value is -1.19. The fourth-order valence-electron chi connectivity index (χ4n) is 1.97. The molecule has 2 rings (SSSR count). The molecule has 1 unspecified atom stereocenters. The van der Waals surface area contributed by atoms with Crippen LogP contribution in [-0.2, 0) is 12.8 Å². The second-order valence-corrected chi connectivity index (χ2v) is 5.67. The van der Waals surface area contributed by atoms with Gasteiger partial charge in [-0.3, -0.25) is 4.98 Å². The van der Waals surface area contributed by atoms with E-state index in [-0.39, 0.29) is 6.10 Å². The zero-order chi connectivity index (χ0) is 13.7. The van der Waals surface area contributed by atoms with Gasteiger partial charge in [-0.25, -0.2) is 0 Å². The summed E-state index contributed by atoms with van der Waals surface area (Å²) < 4.78 is 1.04. The zero-order valence-electron chi connectivity index (χ0n) is 11.0. The summed E-state index contributed by atoms with van der Waals surface area (Å²) in [5, 5.41) is 9.34. The van der Waals surface area contributed by atoms with Gasteiger partial charge in [0.15, 0.2) is 0 Å². The van der Waals surface area contributed by atoms with Gasteiger partial charge in [0, 0.05) is 16.4 Å². The minimum atomic E-state index is -0.275. The van der Waals surface area contributed by atoms with Gasteiger partial charge in [-0.1, -0.05) is 30.3 Å². The van der Waals surface area contributed by atoms with Crippen molar-refractivity contribution in [2.75, 3.05) is 0 Å². The average Bonchev–Trinajstić information content (AvgIpc) is 2.41. The Balaban J connectivity index is 2.13. The first-order chi connectivity index (χ1) is 9.15. The molecular weight excluding hydrogens is 302 g/mol. The molecule has 0 aliphatic heterocycles. The molecule has 1 N–H and O–H groups in total. The summed E-state index contributed by atoms with van der Waals surface area (Å²) in [4.78, 5) is 4.39. The van der Waals surface area contributed by atoms with E-state index in [9.17, 15) is 5.11 Å². The minimum absolute atomic E-state index is 0.275. The molecule has 1 aromatic carbocycles. The van der Waals surface area contributed by atoms with Gasteiger partial charge >= 0.3 is 0 Å². The molecule has 2 aromatic rings. The van der Waals surface area contributed by atoms with Crippen LogP contribution in [0.2, 0.25) is 0 Å². The summed E-state index contributed by atoms with van der Waals surface area (Å²) in [7, 11) is 0. The Kier molecular flexibility index (Phi) is 5.11. The van der Waals surface area contributed by atoms with E-state index >= 15 is 0 Å². The standard InChI is InChI=1S/C16H18BrNO/c1-12(19)7-8-15-10-14(16(17)11-18-15)9-13-5-3-2-4-6-13/h2-6,10-12,19H,7-9H2,1H3. The van der Waals surface area contributed by atoms with Gasteiger partial charge in [0.1, 0.15) is 0 Å². The van der Waals surface area contributed by atoms with Crippen LogP contribution in [0.5, 0.6) is 0 Å². The molecule has 0 aliphatic rings. The number of aliphatic hydroxyl groups is 1. The molecule has 0 saturated heterocycles. The number of aryl methyl sites for hydroxylation is 1. The van der Waals surface area contributed by atoms with E-state index in [1.165, 1.54) is 11.1 Å². The third kappa shape index (κ3) is 4.44. The Morgan fingerprint density at radius 2 is 2.00 bits per heavy atom. The fourth-order valence-corrected chi connectivity index (χ4v) is 2.33. The summed E-state index contributed by atoms with van der Waals surface area (Å²) >= 11 is 3.56. The van der Waals surface area contributed by atoms with Crippen LogP contribution >= 0.6 is 15.9 Å². The van der Waals surface area contributed by atoms with Crippen LogP contribution in [0.4, 0.5) is 0 Å². The SMILES string of the molecule is CC(O)CCc1cc(Cc2ccccc2)c(Br)cn1. The molecule has 1 aromatic heterocycles. The summed E-state index contributed by atoms with van der Waals surface area (Å²) in [6, 6.07) is 12.5. The minimum Gasteiger partial charge on any atom is -0.393 e. The normalized spacial score (nSPS) is 12.4. The lowest BCUT2D eigenvalue weighted by Gasteiger charge is -2.08. The van der Waals surface area contributed by atoms with E-state index in [1.807, 2.05) is 19.2 Å². The van der Waals surface area contributed by atoms with E-state index in [0.29, 0.717) is 0 Å². The molecule has 1 heterocycles. The number of aromatic nitrogens is 1. The van der Waals surface area contributed by atoms with E-state index in [4.69, 9.17) is 0 Å². The zero-order valence-corrected chi connectivity index (χ0v) is 12.6. The fraction of sp³-hybridized carbons (Fsp3) is 0.312. The average molecular weight is 320 g/mol. The molecule has 0 amide bonds. The van der Waals surface area contributed by atoms with E-state index < -0.39 is 0 Å². The van der Waals surface area contributed by atoms with Crippen LogP contribution in [-0.4, -0.2) is 16.2 Å². The van der Waals surface area contributed by atoms with E-state index in [2.05, 4.69) is 51.2 Å². The maximum atomic E-state index is 9.34. The Bertz CT molecular complexity index is 526. The van der Waals surface area contributed by atoms with Crippen molar-refractivity contribution in [1.29, 1.82) is 0 Å². The lowest BCUT2D eigenvalue weighted by molar-refractivity contribution is 0.184. The predicted molar refractivity (Wildman–Crippen MR) is 81.2 cm³/mol. The maximum Gasteiger partial charge on any atom is 0.0515 e. The van der Waals surface area contributed by atoms with Crippen molar-refractivity contribution in [3.63, 3.8) is 0 Å². The highest BCUT2D eigenvalue weighted by Gasteiger charge is 2.05. The van der Waals surface area contributed by atoms with Crippen LogP contribution in [0.15, 0.2) is 47.1 Å².